The molecule has 4 aromatic rings. The first-order chi connectivity index (χ1) is 18.6. The number of anilines is 1. The van der Waals surface area contributed by atoms with E-state index in [-0.39, 0.29) is 34.8 Å². The number of carbonyl (C=O) groups excluding carboxylic acids is 1. The van der Waals surface area contributed by atoms with E-state index >= 15 is 0 Å². The summed E-state index contributed by atoms with van der Waals surface area (Å²) in [5.41, 5.74) is 2.58. The van der Waals surface area contributed by atoms with Gasteiger partial charge in [0, 0.05) is 26.1 Å². The van der Waals surface area contributed by atoms with E-state index in [0.29, 0.717) is 38.2 Å². The van der Waals surface area contributed by atoms with Gasteiger partial charge in [0.05, 0.1) is 24.2 Å². The standard InChI is InChI=1S/C28H25Br2ClN4O4/c1-15(2)27-34-21-10-7-18(29)12-20(21)28(37)35(27)32-13-17-11-22(38-4)26(25(31)24(17)30)39-14-23(36)33-19-8-5-16(3)6-9-19/h5-13,15H,14H2,1-4H3,(H,33,36). The number of ether oxygens (including phenoxy) is 2. The second-order valence-corrected chi connectivity index (χ2v) is 11.1. The Morgan fingerprint density at radius 1 is 1.18 bits per heavy atom. The summed E-state index contributed by atoms with van der Waals surface area (Å²) in [6.45, 7) is 5.56. The number of methoxy groups -OCH3 is 1. The first-order valence-electron chi connectivity index (χ1n) is 11.9. The van der Waals surface area contributed by atoms with Crippen LogP contribution in [0.5, 0.6) is 11.5 Å². The van der Waals surface area contributed by atoms with Crippen molar-refractivity contribution in [2.75, 3.05) is 19.0 Å². The number of halogens is 3. The summed E-state index contributed by atoms with van der Waals surface area (Å²) >= 11 is 13.5. The maximum absolute atomic E-state index is 13.3. The predicted molar refractivity (Wildman–Crippen MR) is 162 cm³/mol. The zero-order chi connectivity index (χ0) is 28.3. The van der Waals surface area contributed by atoms with Gasteiger partial charge in [-0.1, -0.05) is 59.1 Å². The molecular formula is C28H25Br2ClN4O4. The smallest absolute Gasteiger partial charge is 0.282 e. The largest absolute Gasteiger partial charge is 0.493 e. The van der Waals surface area contributed by atoms with Crippen LogP contribution < -0.4 is 20.3 Å². The van der Waals surface area contributed by atoms with Gasteiger partial charge in [-0.15, -0.1) is 0 Å². The molecule has 0 saturated carbocycles. The van der Waals surface area contributed by atoms with E-state index in [4.69, 9.17) is 21.1 Å². The Kier molecular flexibility index (Phi) is 9.09. The summed E-state index contributed by atoms with van der Waals surface area (Å²) in [4.78, 5) is 30.4. The fraction of sp³-hybridized carbons (Fsp3) is 0.214. The zero-order valence-electron chi connectivity index (χ0n) is 21.6. The lowest BCUT2D eigenvalue weighted by Gasteiger charge is -2.15. The maximum atomic E-state index is 13.3. The lowest BCUT2D eigenvalue weighted by molar-refractivity contribution is -0.118. The molecule has 0 aliphatic rings. The van der Waals surface area contributed by atoms with Crippen molar-refractivity contribution in [3.05, 3.63) is 89.8 Å². The highest BCUT2D eigenvalue weighted by Crippen LogP contribution is 2.42. The summed E-state index contributed by atoms with van der Waals surface area (Å²) in [5, 5.41) is 7.87. The molecule has 0 radical (unpaired) electrons. The molecule has 0 bridgehead atoms. The lowest BCUT2D eigenvalue weighted by Crippen LogP contribution is -2.23. The minimum absolute atomic E-state index is 0.0636. The highest BCUT2D eigenvalue weighted by Gasteiger charge is 2.19. The van der Waals surface area contributed by atoms with Crippen LogP contribution in [0.1, 0.15) is 36.7 Å². The quantitative estimate of drug-likeness (QED) is 0.205. The fourth-order valence-corrected chi connectivity index (χ4v) is 4.74. The van der Waals surface area contributed by atoms with Gasteiger partial charge in [0.2, 0.25) is 0 Å². The lowest BCUT2D eigenvalue weighted by atomic mass is 10.2. The Labute approximate surface area is 247 Å². The van der Waals surface area contributed by atoms with Gasteiger partial charge in [-0.05, 0) is 59.3 Å². The minimum Gasteiger partial charge on any atom is -0.493 e. The van der Waals surface area contributed by atoms with Gasteiger partial charge in [-0.2, -0.15) is 9.78 Å². The zero-order valence-corrected chi connectivity index (χ0v) is 25.5. The van der Waals surface area contributed by atoms with Crippen LogP contribution >= 0.6 is 43.5 Å². The van der Waals surface area contributed by atoms with Crippen LogP contribution in [0.15, 0.2) is 67.4 Å². The van der Waals surface area contributed by atoms with E-state index in [2.05, 4.69) is 47.3 Å². The maximum Gasteiger partial charge on any atom is 0.282 e. The van der Waals surface area contributed by atoms with Crippen LogP contribution in [0.2, 0.25) is 5.02 Å². The van der Waals surface area contributed by atoms with Gasteiger partial charge in [-0.25, -0.2) is 4.98 Å². The minimum atomic E-state index is -0.352. The number of aryl methyl sites for hydroxylation is 1. The highest BCUT2D eigenvalue weighted by molar-refractivity contribution is 9.10. The van der Waals surface area contributed by atoms with E-state index in [1.54, 1.807) is 18.2 Å². The monoisotopic (exact) mass is 674 g/mol. The highest BCUT2D eigenvalue weighted by atomic mass is 79.9. The number of nitrogens with zero attached hydrogens (tertiary/aromatic N) is 3. The second kappa shape index (κ2) is 12.3. The van der Waals surface area contributed by atoms with Crippen molar-refractivity contribution in [2.24, 2.45) is 5.10 Å². The topological polar surface area (TPSA) is 94.8 Å². The van der Waals surface area contributed by atoms with Crippen LogP contribution in [0, 0.1) is 6.92 Å². The summed E-state index contributed by atoms with van der Waals surface area (Å²) in [5.74, 6) is 0.588. The molecule has 0 saturated heterocycles. The molecule has 39 heavy (non-hydrogen) atoms. The molecule has 0 aliphatic carbocycles. The first kappa shape index (κ1) is 28.8. The van der Waals surface area contributed by atoms with Gasteiger partial charge in [0.15, 0.2) is 18.1 Å². The molecule has 0 atom stereocenters. The molecule has 1 heterocycles. The number of amides is 1. The summed E-state index contributed by atoms with van der Waals surface area (Å²) in [6, 6.07) is 14.4. The SMILES string of the molecule is COc1cc(C=Nn2c(C(C)C)nc3ccc(Br)cc3c2=O)c(Br)c(Cl)c1OCC(=O)Nc1ccc(C)cc1. The molecule has 3 aromatic carbocycles. The molecule has 8 nitrogen and oxygen atoms in total. The number of carbonyl (C=O) groups is 1. The molecule has 1 amide bonds. The van der Waals surface area contributed by atoms with Gasteiger partial charge in [-0.3, -0.25) is 9.59 Å². The molecule has 0 spiro atoms. The predicted octanol–water partition coefficient (Wildman–Crippen LogP) is 6.92. The second-order valence-electron chi connectivity index (χ2n) is 8.98. The summed E-state index contributed by atoms with van der Waals surface area (Å²) in [6.07, 6.45) is 1.49. The Hall–Kier alpha value is -3.21. The normalized spacial score (nSPS) is 11.4. The fourth-order valence-electron chi connectivity index (χ4n) is 3.73. The van der Waals surface area contributed by atoms with Gasteiger partial charge in [0.1, 0.15) is 10.8 Å². The van der Waals surface area contributed by atoms with Crippen molar-refractivity contribution in [3.63, 3.8) is 0 Å². The Bertz CT molecular complexity index is 1640. The van der Waals surface area contributed by atoms with Gasteiger partial charge < -0.3 is 14.8 Å². The molecule has 202 valence electrons. The van der Waals surface area contributed by atoms with Crippen molar-refractivity contribution >= 4 is 72.2 Å². The third-order valence-electron chi connectivity index (χ3n) is 5.72. The van der Waals surface area contributed by atoms with E-state index in [9.17, 15) is 9.59 Å². The number of benzene rings is 3. The Morgan fingerprint density at radius 3 is 2.56 bits per heavy atom. The number of nitrogens with one attached hydrogen (secondary N) is 1. The van der Waals surface area contributed by atoms with Crippen LogP contribution in [-0.2, 0) is 4.79 Å². The van der Waals surface area contributed by atoms with Crippen molar-refractivity contribution < 1.29 is 14.3 Å². The summed E-state index contributed by atoms with van der Waals surface area (Å²) in [7, 11) is 1.46. The summed E-state index contributed by atoms with van der Waals surface area (Å²) < 4.78 is 13.7. The Morgan fingerprint density at radius 2 is 1.90 bits per heavy atom. The Balaban J connectivity index is 1.63. The third-order valence-corrected chi connectivity index (χ3v) is 7.66. The van der Waals surface area contributed by atoms with Gasteiger partial charge >= 0.3 is 0 Å². The van der Waals surface area contributed by atoms with E-state index in [1.165, 1.54) is 18.0 Å². The van der Waals surface area contributed by atoms with Crippen molar-refractivity contribution in [1.29, 1.82) is 0 Å². The number of rotatable bonds is 8. The molecule has 1 aromatic heterocycles. The van der Waals surface area contributed by atoms with Crippen LogP contribution in [0.3, 0.4) is 0 Å². The average Bonchev–Trinajstić information content (AvgIpc) is 2.91. The number of hydrogen-bond acceptors (Lipinski definition) is 6. The van der Waals surface area contributed by atoms with E-state index in [1.807, 2.05) is 51.1 Å². The van der Waals surface area contributed by atoms with Crippen molar-refractivity contribution in [2.45, 2.75) is 26.7 Å². The molecular weight excluding hydrogens is 652 g/mol. The molecule has 0 fully saturated rings. The molecule has 11 heteroatoms. The van der Waals surface area contributed by atoms with Crippen molar-refractivity contribution in [1.82, 2.24) is 9.66 Å². The molecule has 0 aliphatic heterocycles. The van der Waals surface area contributed by atoms with Crippen molar-refractivity contribution in [3.8, 4) is 11.5 Å². The number of fused-ring (bicyclic) bond motifs is 1. The van der Waals surface area contributed by atoms with E-state index in [0.717, 1.165) is 10.0 Å². The van der Waals surface area contributed by atoms with Crippen LogP contribution in [-0.4, -0.2) is 35.5 Å². The third kappa shape index (κ3) is 6.51. The van der Waals surface area contributed by atoms with Crippen LogP contribution in [0.4, 0.5) is 5.69 Å². The number of hydrogen-bond donors (Lipinski definition) is 1. The number of aromatic nitrogens is 2. The van der Waals surface area contributed by atoms with Crippen LogP contribution in [0.25, 0.3) is 10.9 Å². The molecule has 4 rings (SSSR count). The van der Waals surface area contributed by atoms with E-state index < -0.39 is 0 Å². The average molecular weight is 677 g/mol. The molecule has 1 N–H and O–H groups in total. The first-order valence-corrected chi connectivity index (χ1v) is 13.9. The van der Waals surface area contributed by atoms with Gasteiger partial charge in [0.25, 0.3) is 11.5 Å². The molecule has 0 unspecified atom stereocenters.